The van der Waals surface area contributed by atoms with E-state index in [9.17, 15) is 9.59 Å². The summed E-state index contributed by atoms with van der Waals surface area (Å²) in [5.74, 6) is -1.19. The van der Waals surface area contributed by atoms with Crippen molar-refractivity contribution in [1.29, 1.82) is 0 Å². The van der Waals surface area contributed by atoms with Crippen LogP contribution in [0.1, 0.15) is 42.3 Å². The molecule has 0 radical (unpaired) electrons. The molecular weight excluding hydrogens is 242 g/mol. The Bertz CT molecular complexity index is 720. The molecule has 2 rings (SSSR count). The van der Waals surface area contributed by atoms with E-state index >= 15 is 0 Å². The van der Waals surface area contributed by atoms with Gasteiger partial charge < -0.3 is 10.1 Å². The second-order valence-electron chi connectivity index (χ2n) is 5.77. The Kier molecular flexibility index (Phi) is 2.97. The monoisotopic (exact) mass is 259 g/mol. The number of aryl methyl sites for hydroxylation is 1. The first-order valence-corrected chi connectivity index (χ1v) is 6.12. The maximum Gasteiger partial charge on any atom is 0.341 e. The number of rotatable bonds is 1. The fourth-order valence-electron chi connectivity index (χ4n) is 2.19. The molecule has 0 bridgehead atoms. The number of fused-ring (bicyclic) bond motifs is 1. The van der Waals surface area contributed by atoms with Crippen LogP contribution in [-0.2, 0) is 5.41 Å². The van der Waals surface area contributed by atoms with Crippen molar-refractivity contribution in [2.45, 2.75) is 33.1 Å². The van der Waals surface area contributed by atoms with Gasteiger partial charge in [-0.3, -0.25) is 4.79 Å². The van der Waals surface area contributed by atoms with E-state index in [4.69, 9.17) is 5.11 Å². The number of hydrogen-bond donors (Lipinski definition) is 2. The minimum Gasteiger partial charge on any atom is -0.477 e. The van der Waals surface area contributed by atoms with Crippen LogP contribution in [0.15, 0.2) is 23.0 Å². The highest BCUT2D eigenvalue weighted by Crippen LogP contribution is 2.26. The molecule has 0 amide bonds. The van der Waals surface area contributed by atoms with Gasteiger partial charge >= 0.3 is 5.97 Å². The first-order chi connectivity index (χ1) is 8.71. The highest BCUT2D eigenvalue weighted by Gasteiger charge is 2.18. The van der Waals surface area contributed by atoms with Gasteiger partial charge in [0.15, 0.2) is 0 Å². The number of aromatic nitrogens is 1. The second kappa shape index (κ2) is 4.23. The minimum absolute atomic E-state index is 0.0234. The standard InChI is InChI=1S/C15H17NO3/c1-8-10-6-5-9(15(2,3)4)7-11(10)16-13(17)12(8)14(18)19/h5-7H,1-4H3,(H,16,17)(H,18,19). The average molecular weight is 259 g/mol. The van der Waals surface area contributed by atoms with Crippen LogP contribution in [0.3, 0.4) is 0 Å². The predicted molar refractivity (Wildman–Crippen MR) is 75.0 cm³/mol. The number of hydrogen-bond acceptors (Lipinski definition) is 2. The Morgan fingerprint density at radius 1 is 1.26 bits per heavy atom. The molecule has 0 unspecified atom stereocenters. The Morgan fingerprint density at radius 3 is 2.42 bits per heavy atom. The molecule has 0 aliphatic carbocycles. The molecule has 1 aromatic carbocycles. The number of benzene rings is 1. The normalized spacial score (nSPS) is 11.8. The first kappa shape index (κ1) is 13.3. The van der Waals surface area contributed by atoms with E-state index in [0.717, 1.165) is 10.9 Å². The summed E-state index contributed by atoms with van der Waals surface area (Å²) in [5, 5.41) is 9.84. The summed E-state index contributed by atoms with van der Waals surface area (Å²) in [7, 11) is 0. The van der Waals surface area contributed by atoms with Crippen molar-refractivity contribution in [3.63, 3.8) is 0 Å². The van der Waals surface area contributed by atoms with Gasteiger partial charge in [-0.15, -0.1) is 0 Å². The fraction of sp³-hybridized carbons (Fsp3) is 0.333. The first-order valence-electron chi connectivity index (χ1n) is 6.12. The molecule has 0 saturated carbocycles. The summed E-state index contributed by atoms with van der Waals surface area (Å²) in [6.45, 7) is 7.93. The van der Waals surface area contributed by atoms with Gasteiger partial charge in [0.05, 0.1) is 0 Å². The molecule has 0 aliphatic heterocycles. The number of aromatic carboxylic acids is 1. The molecule has 2 N–H and O–H groups in total. The number of carboxylic acid groups (broad SMARTS) is 1. The lowest BCUT2D eigenvalue weighted by molar-refractivity contribution is 0.0694. The highest BCUT2D eigenvalue weighted by atomic mass is 16.4. The molecule has 0 fully saturated rings. The summed E-state index contributed by atoms with van der Waals surface area (Å²) in [4.78, 5) is 25.6. The molecule has 100 valence electrons. The van der Waals surface area contributed by atoms with Gasteiger partial charge in [0.2, 0.25) is 0 Å². The topological polar surface area (TPSA) is 70.2 Å². The van der Waals surface area contributed by atoms with Crippen LogP contribution in [0.25, 0.3) is 10.9 Å². The molecule has 0 atom stereocenters. The highest BCUT2D eigenvalue weighted by molar-refractivity contribution is 5.95. The van der Waals surface area contributed by atoms with E-state index in [2.05, 4.69) is 25.8 Å². The quantitative estimate of drug-likeness (QED) is 0.827. The molecule has 0 spiro atoms. The van der Waals surface area contributed by atoms with Crippen LogP contribution in [0.2, 0.25) is 0 Å². The number of pyridine rings is 1. The Hall–Kier alpha value is -2.10. The van der Waals surface area contributed by atoms with Crippen LogP contribution in [-0.4, -0.2) is 16.1 Å². The van der Waals surface area contributed by atoms with E-state index in [1.807, 2.05) is 18.2 Å². The van der Waals surface area contributed by atoms with Crippen molar-refractivity contribution in [3.05, 3.63) is 45.2 Å². The number of nitrogens with one attached hydrogen (secondary N) is 1. The number of carbonyl (C=O) groups is 1. The van der Waals surface area contributed by atoms with Crippen LogP contribution in [0.4, 0.5) is 0 Å². The van der Waals surface area contributed by atoms with Gasteiger partial charge in [-0.25, -0.2) is 4.79 Å². The Balaban J connectivity index is 2.82. The van der Waals surface area contributed by atoms with Gasteiger partial charge in [0.25, 0.3) is 5.56 Å². The summed E-state index contributed by atoms with van der Waals surface area (Å²) < 4.78 is 0. The largest absolute Gasteiger partial charge is 0.477 e. The minimum atomic E-state index is -1.19. The Morgan fingerprint density at radius 2 is 1.89 bits per heavy atom. The zero-order valence-electron chi connectivity index (χ0n) is 11.5. The van der Waals surface area contributed by atoms with Crippen LogP contribution in [0.5, 0.6) is 0 Å². The molecule has 0 saturated heterocycles. The van der Waals surface area contributed by atoms with Crippen LogP contribution < -0.4 is 5.56 Å². The smallest absolute Gasteiger partial charge is 0.341 e. The maximum absolute atomic E-state index is 11.8. The van der Waals surface area contributed by atoms with Crippen molar-refractivity contribution < 1.29 is 9.90 Å². The lowest BCUT2D eigenvalue weighted by atomic mass is 9.86. The fourth-order valence-corrected chi connectivity index (χ4v) is 2.19. The lowest BCUT2D eigenvalue weighted by Gasteiger charge is -2.19. The SMILES string of the molecule is Cc1c(C(=O)O)c(=O)[nH]c2cc(C(C)(C)C)ccc12. The molecule has 1 aromatic heterocycles. The average Bonchev–Trinajstić information content (AvgIpc) is 2.26. The zero-order valence-corrected chi connectivity index (χ0v) is 11.5. The zero-order chi connectivity index (χ0) is 14.4. The number of carboxylic acids is 1. The number of aromatic amines is 1. The van der Waals surface area contributed by atoms with Gasteiger partial charge in [-0.2, -0.15) is 0 Å². The summed E-state index contributed by atoms with van der Waals surface area (Å²) in [6.07, 6.45) is 0. The van der Waals surface area contributed by atoms with E-state index in [1.54, 1.807) is 6.92 Å². The molecule has 4 nitrogen and oxygen atoms in total. The summed E-state index contributed by atoms with van der Waals surface area (Å²) in [6, 6.07) is 5.75. The van der Waals surface area contributed by atoms with Crippen LogP contribution >= 0.6 is 0 Å². The third-order valence-corrected chi connectivity index (χ3v) is 3.35. The van der Waals surface area contributed by atoms with Gasteiger partial charge in [-0.1, -0.05) is 32.9 Å². The predicted octanol–water partition coefficient (Wildman–Crippen LogP) is 2.83. The van der Waals surface area contributed by atoms with Crippen molar-refractivity contribution in [3.8, 4) is 0 Å². The third kappa shape index (κ3) is 2.26. The molecule has 0 aliphatic rings. The van der Waals surface area contributed by atoms with Gasteiger partial charge in [0, 0.05) is 10.9 Å². The third-order valence-electron chi connectivity index (χ3n) is 3.35. The Labute approximate surface area is 111 Å². The van der Waals surface area contributed by atoms with Gasteiger partial charge in [0.1, 0.15) is 5.56 Å². The molecule has 19 heavy (non-hydrogen) atoms. The van der Waals surface area contributed by atoms with E-state index < -0.39 is 11.5 Å². The van der Waals surface area contributed by atoms with E-state index in [0.29, 0.717) is 11.1 Å². The second-order valence-corrected chi connectivity index (χ2v) is 5.77. The molecular formula is C15H17NO3. The van der Waals surface area contributed by atoms with Crippen molar-refractivity contribution in [1.82, 2.24) is 4.98 Å². The lowest BCUT2D eigenvalue weighted by Crippen LogP contribution is -2.20. The van der Waals surface area contributed by atoms with Crippen molar-refractivity contribution in [2.75, 3.05) is 0 Å². The van der Waals surface area contributed by atoms with E-state index in [-0.39, 0.29) is 11.0 Å². The van der Waals surface area contributed by atoms with Crippen LogP contribution in [0, 0.1) is 6.92 Å². The number of H-pyrrole nitrogens is 1. The molecule has 4 heteroatoms. The molecule has 2 aromatic rings. The van der Waals surface area contributed by atoms with E-state index in [1.165, 1.54) is 0 Å². The summed E-state index contributed by atoms with van der Waals surface area (Å²) >= 11 is 0. The molecule has 1 heterocycles. The summed E-state index contributed by atoms with van der Waals surface area (Å²) in [5.41, 5.74) is 1.52. The van der Waals surface area contributed by atoms with Crippen molar-refractivity contribution >= 4 is 16.9 Å². The van der Waals surface area contributed by atoms with Gasteiger partial charge in [-0.05, 0) is 29.5 Å². The maximum atomic E-state index is 11.8. The van der Waals surface area contributed by atoms with Crippen molar-refractivity contribution in [2.24, 2.45) is 0 Å².